The number of carbonyl (C=O) groups is 1. The number of ketones is 1. The van der Waals surface area contributed by atoms with Gasteiger partial charge in [0.2, 0.25) is 0 Å². The third kappa shape index (κ3) is 4.13. The van der Waals surface area contributed by atoms with Crippen LogP contribution in [0, 0.1) is 13.8 Å². The summed E-state index contributed by atoms with van der Waals surface area (Å²) in [6.45, 7) is 5.10. The van der Waals surface area contributed by atoms with Crippen LogP contribution >= 0.6 is 0 Å². The predicted octanol–water partition coefficient (Wildman–Crippen LogP) is 1.39. The molecule has 16 heavy (non-hydrogen) atoms. The molecular weight excluding hydrogens is 202 g/mol. The van der Waals surface area contributed by atoms with E-state index in [0.29, 0.717) is 19.6 Å². The molecule has 0 aliphatic rings. The van der Waals surface area contributed by atoms with Gasteiger partial charge in [-0.05, 0) is 25.0 Å². The molecular formula is C13H19NO2. The minimum atomic E-state index is 0.0992. The van der Waals surface area contributed by atoms with Gasteiger partial charge in [0.05, 0.1) is 6.61 Å². The number of Topliss-reactive ketones (excluding diaryl/α,β-unsaturated/α-hetero) is 1. The van der Waals surface area contributed by atoms with Crippen molar-refractivity contribution in [3.05, 3.63) is 34.9 Å². The van der Waals surface area contributed by atoms with Gasteiger partial charge in [-0.2, -0.15) is 0 Å². The highest BCUT2D eigenvalue weighted by Crippen LogP contribution is 2.11. The van der Waals surface area contributed by atoms with Crippen molar-refractivity contribution in [2.45, 2.75) is 20.3 Å². The van der Waals surface area contributed by atoms with E-state index in [-0.39, 0.29) is 12.4 Å². The Morgan fingerprint density at radius 2 is 2.12 bits per heavy atom. The third-order valence-electron chi connectivity index (χ3n) is 2.42. The summed E-state index contributed by atoms with van der Waals surface area (Å²) in [6.07, 6.45) is 0.443. The van der Waals surface area contributed by atoms with E-state index in [1.54, 1.807) is 0 Å². The number of hydrogen-bond donors (Lipinski definition) is 1. The molecule has 3 heteroatoms. The fourth-order valence-corrected chi connectivity index (χ4v) is 1.52. The predicted molar refractivity (Wildman–Crippen MR) is 64.5 cm³/mol. The van der Waals surface area contributed by atoms with Crippen molar-refractivity contribution in [1.82, 2.24) is 0 Å². The average Bonchev–Trinajstić information content (AvgIpc) is 2.24. The topological polar surface area (TPSA) is 52.3 Å². The Labute approximate surface area is 96.6 Å². The van der Waals surface area contributed by atoms with Crippen LogP contribution in [0.25, 0.3) is 0 Å². The number of carbonyl (C=O) groups excluding carboxylic acids is 1. The van der Waals surface area contributed by atoms with Crippen LogP contribution in [0.4, 0.5) is 0 Å². The maximum absolute atomic E-state index is 11.6. The van der Waals surface area contributed by atoms with Crippen molar-refractivity contribution in [3.63, 3.8) is 0 Å². The zero-order valence-corrected chi connectivity index (χ0v) is 9.95. The maximum Gasteiger partial charge on any atom is 0.162 e. The van der Waals surface area contributed by atoms with Crippen LogP contribution in [-0.4, -0.2) is 25.5 Å². The molecule has 0 aliphatic heterocycles. The first-order chi connectivity index (χ1) is 7.63. The van der Waals surface area contributed by atoms with Crippen LogP contribution in [0.5, 0.6) is 0 Å². The minimum absolute atomic E-state index is 0.0992. The van der Waals surface area contributed by atoms with Gasteiger partial charge in [-0.1, -0.05) is 23.8 Å². The van der Waals surface area contributed by atoms with Gasteiger partial charge in [0.25, 0.3) is 0 Å². The summed E-state index contributed by atoms with van der Waals surface area (Å²) in [6, 6.07) is 6.14. The number of aryl methyl sites for hydroxylation is 2. The number of hydrogen-bond acceptors (Lipinski definition) is 3. The number of rotatable bonds is 6. The minimum Gasteiger partial charge on any atom is -0.372 e. The first-order valence-corrected chi connectivity index (χ1v) is 5.49. The van der Waals surface area contributed by atoms with Gasteiger partial charge in [0.15, 0.2) is 5.78 Å². The number of ether oxygens (including phenoxy) is 1. The summed E-state index contributed by atoms with van der Waals surface area (Å²) >= 11 is 0. The Morgan fingerprint density at radius 3 is 2.81 bits per heavy atom. The van der Waals surface area contributed by atoms with Crippen molar-refractivity contribution in [2.24, 2.45) is 5.73 Å². The zero-order valence-electron chi connectivity index (χ0n) is 9.95. The summed E-state index contributed by atoms with van der Waals surface area (Å²) in [7, 11) is 0. The van der Waals surface area contributed by atoms with Crippen LogP contribution in [0.1, 0.15) is 16.7 Å². The molecule has 88 valence electrons. The SMILES string of the molecule is Cc1ccc(C)c(CC(=O)COCCN)c1. The molecule has 3 nitrogen and oxygen atoms in total. The van der Waals surface area contributed by atoms with Gasteiger partial charge in [0.1, 0.15) is 6.61 Å². The smallest absolute Gasteiger partial charge is 0.162 e. The van der Waals surface area contributed by atoms with Gasteiger partial charge < -0.3 is 10.5 Å². The van der Waals surface area contributed by atoms with Crippen molar-refractivity contribution in [3.8, 4) is 0 Å². The molecule has 0 unspecified atom stereocenters. The van der Waals surface area contributed by atoms with Gasteiger partial charge in [-0.15, -0.1) is 0 Å². The van der Waals surface area contributed by atoms with Gasteiger partial charge >= 0.3 is 0 Å². The van der Waals surface area contributed by atoms with E-state index in [0.717, 1.165) is 11.1 Å². The van der Waals surface area contributed by atoms with E-state index in [1.807, 2.05) is 26.0 Å². The van der Waals surface area contributed by atoms with E-state index in [4.69, 9.17) is 10.5 Å². The second-order valence-electron chi connectivity index (χ2n) is 3.99. The van der Waals surface area contributed by atoms with Crippen molar-refractivity contribution in [2.75, 3.05) is 19.8 Å². The highest BCUT2D eigenvalue weighted by molar-refractivity contribution is 5.82. The Bertz CT molecular complexity index is 361. The van der Waals surface area contributed by atoms with Gasteiger partial charge in [-0.3, -0.25) is 4.79 Å². The van der Waals surface area contributed by atoms with Crippen molar-refractivity contribution < 1.29 is 9.53 Å². The standard InChI is InChI=1S/C13H19NO2/c1-10-3-4-11(2)12(7-10)8-13(15)9-16-6-5-14/h3-4,7H,5-6,8-9,14H2,1-2H3. The molecule has 0 fully saturated rings. The zero-order chi connectivity index (χ0) is 12.0. The second-order valence-corrected chi connectivity index (χ2v) is 3.99. The van der Waals surface area contributed by atoms with Crippen LogP contribution in [0.2, 0.25) is 0 Å². The molecule has 0 spiro atoms. The Morgan fingerprint density at radius 1 is 1.38 bits per heavy atom. The van der Waals surface area contributed by atoms with Crippen molar-refractivity contribution >= 4 is 5.78 Å². The quantitative estimate of drug-likeness (QED) is 0.738. The van der Waals surface area contributed by atoms with Crippen molar-refractivity contribution in [1.29, 1.82) is 0 Å². The first-order valence-electron chi connectivity index (χ1n) is 5.49. The molecule has 0 aromatic heterocycles. The summed E-state index contributed by atoms with van der Waals surface area (Å²) in [5.74, 6) is 0.0992. The molecule has 0 bridgehead atoms. The van der Waals surface area contributed by atoms with E-state index in [9.17, 15) is 4.79 Å². The molecule has 0 saturated heterocycles. The van der Waals surface area contributed by atoms with Crippen LogP contribution in [0.3, 0.4) is 0 Å². The van der Waals surface area contributed by atoms with Gasteiger partial charge in [-0.25, -0.2) is 0 Å². The van der Waals surface area contributed by atoms with E-state index >= 15 is 0 Å². The summed E-state index contributed by atoms with van der Waals surface area (Å²) in [4.78, 5) is 11.6. The first kappa shape index (κ1) is 12.9. The Kier molecular flexibility index (Phi) is 5.15. The van der Waals surface area contributed by atoms with Crippen LogP contribution in [0.15, 0.2) is 18.2 Å². The maximum atomic E-state index is 11.6. The molecule has 1 aromatic rings. The molecule has 0 saturated carbocycles. The summed E-state index contributed by atoms with van der Waals surface area (Å²) in [5, 5.41) is 0. The van der Waals surface area contributed by atoms with Crippen LogP contribution in [-0.2, 0) is 16.0 Å². The summed E-state index contributed by atoms with van der Waals surface area (Å²) in [5.41, 5.74) is 8.69. The molecule has 0 heterocycles. The van der Waals surface area contributed by atoms with E-state index in [2.05, 4.69) is 6.07 Å². The van der Waals surface area contributed by atoms with E-state index in [1.165, 1.54) is 5.56 Å². The Balaban J connectivity index is 2.52. The van der Waals surface area contributed by atoms with Gasteiger partial charge in [0, 0.05) is 13.0 Å². The normalized spacial score (nSPS) is 10.4. The van der Waals surface area contributed by atoms with Crippen LogP contribution < -0.4 is 5.73 Å². The highest BCUT2D eigenvalue weighted by Gasteiger charge is 2.06. The lowest BCUT2D eigenvalue weighted by Gasteiger charge is -2.06. The monoisotopic (exact) mass is 221 g/mol. The lowest BCUT2D eigenvalue weighted by atomic mass is 10.0. The fourth-order valence-electron chi connectivity index (χ4n) is 1.52. The molecule has 0 aliphatic carbocycles. The lowest BCUT2D eigenvalue weighted by molar-refractivity contribution is -0.122. The average molecular weight is 221 g/mol. The molecule has 1 rings (SSSR count). The van der Waals surface area contributed by atoms with E-state index < -0.39 is 0 Å². The lowest BCUT2D eigenvalue weighted by Crippen LogP contribution is -2.16. The fraction of sp³-hybridized carbons (Fsp3) is 0.462. The summed E-state index contributed by atoms with van der Waals surface area (Å²) < 4.78 is 5.11. The third-order valence-corrected chi connectivity index (χ3v) is 2.42. The largest absolute Gasteiger partial charge is 0.372 e. The molecule has 0 atom stereocenters. The number of nitrogens with two attached hydrogens (primary N) is 1. The second kappa shape index (κ2) is 6.40. The highest BCUT2D eigenvalue weighted by atomic mass is 16.5. The Hall–Kier alpha value is -1.19. The molecule has 1 aromatic carbocycles. The molecule has 0 radical (unpaired) electrons. The molecule has 2 N–H and O–H groups in total. The molecule has 0 amide bonds. The number of benzene rings is 1.